The third kappa shape index (κ3) is 4.26. The Morgan fingerprint density at radius 2 is 2.12 bits per heavy atom. The van der Waals surface area contributed by atoms with E-state index in [-0.39, 0.29) is 0 Å². The minimum absolute atomic E-state index is 0.465. The van der Waals surface area contributed by atoms with Crippen molar-refractivity contribution in [1.29, 1.82) is 0 Å². The highest BCUT2D eigenvalue weighted by Gasteiger charge is 2.13. The Morgan fingerprint density at radius 1 is 1.29 bits per heavy atom. The lowest BCUT2D eigenvalue weighted by atomic mass is 10.3. The molecular weight excluding hydrogens is 306 g/mol. The van der Waals surface area contributed by atoms with Gasteiger partial charge in [0.25, 0.3) is 0 Å². The van der Waals surface area contributed by atoms with Crippen LogP contribution in [0.5, 0.6) is 5.88 Å². The lowest BCUT2D eigenvalue weighted by Crippen LogP contribution is -2.36. The summed E-state index contributed by atoms with van der Waals surface area (Å²) in [5, 5.41) is 0. The number of aromatic nitrogens is 2. The predicted octanol–water partition coefficient (Wildman–Crippen LogP) is 1.41. The van der Waals surface area contributed by atoms with E-state index in [0.717, 1.165) is 37.8 Å². The van der Waals surface area contributed by atoms with Crippen LogP contribution in [0.3, 0.4) is 0 Å². The predicted molar refractivity (Wildman–Crippen MR) is 94.7 cm³/mol. The van der Waals surface area contributed by atoms with Crippen LogP contribution in [0.15, 0.2) is 36.5 Å². The smallest absolute Gasteiger partial charge is 0.217 e. The van der Waals surface area contributed by atoms with E-state index in [9.17, 15) is 0 Å². The molecule has 0 saturated carbocycles. The topological polar surface area (TPSA) is 76.7 Å². The summed E-state index contributed by atoms with van der Waals surface area (Å²) < 4.78 is 11.2. The first-order valence-electron chi connectivity index (χ1n) is 8.07. The molecule has 24 heavy (non-hydrogen) atoms. The first-order valence-corrected chi connectivity index (χ1v) is 8.07. The summed E-state index contributed by atoms with van der Waals surface area (Å²) in [6.07, 6.45) is 1.78. The minimum Gasteiger partial charge on any atom is -0.476 e. The molecule has 0 amide bonds. The lowest BCUT2D eigenvalue weighted by molar-refractivity contribution is 0.122. The number of anilines is 3. The number of nitrogens with two attached hydrogens (primary N) is 1. The molecule has 2 N–H and O–H groups in total. The van der Waals surface area contributed by atoms with Crippen LogP contribution >= 0.6 is 0 Å². The zero-order valence-electron chi connectivity index (χ0n) is 13.9. The molecule has 0 aromatic carbocycles. The molecule has 128 valence electrons. The Bertz CT molecular complexity index is 647. The van der Waals surface area contributed by atoms with Crippen LogP contribution in [0.4, 0.5) is 17.3 Å². The Balaban J connectivity index is 1.57. The summed E-state index contributed by atoms with van der Waals surface area (Å²) in [5.41, 5.74) is 6.95. The normalized spacial score (nSPS) is 14.5. The van der Waals surface area contributed by atoms with Gasteiger partial charge in [0.2, 0.25) is 5.88 Å². The average molecular weight is 329 g/mol. The fraction of sp³-hybridized carbons (Fsp3) is 0.412. The van der Waals surface area contributed by atoms with Gasteiger partial charge in [0.1, 0.15) is 18.2 Å². The monoisotopic (exact) mass is 329 g/mol. The van der Waals surface area contributed by atoms with E-state index in [4.69, 9.17) is 15.2 Å². The van der Waals surface area contributed by atoms with Crippen molar-refractivity contribution >= 4 is 17.3 Å². The van der Waals surface area contributed by atoms with Crippen LogP contribution in [0.2, 0.25) is 0 Å². The van der Waals surface area contributed by atoms with Crippen molar-refractivity contribution in [3.63, 3.8) is 0 Å². The number of pyridine rings is 2. The highest BCUT2D eigenvalue weighted by Crippen LogP contribution is 2.23. The van der Waals surface area contributed by atoms with Crippen LogP contribution in [-0.2, 0) is 4.74 Å². The largest absolute Gasteiger partial charge is 0.476 e. The number of morpholine rings is 1. The first kappa shape index (κ1) is 16.3. The molecule has 0 aliphatic carbocycles. The van der Waals surface area contributed by atoms with Gasteiger partial charge in [0, 0.05) is 44.2 Å². The average Bonchev–Trinajstić information content (AvgIpc) is 2.63. The van der Waals surface area contributed by atoms with E-state index >= 15 is 0 Å². The van der Waals surface area contributed by atoms with Gasteiger partial charge in [0.15, 0.2) is 0 Å². The maximum absolute atomic E-state index is 5.92. The Morgan fingerprint density at radius 3 is 2.88 bits per heavy atom. The van der Waals surface area contributed by atoms with Crippen molar-refractivity contribution in [2.75, 3.05) is 62.0 Å². The molecule has 1 aliphatic rings. The molecule has 0 unspecified atom stereocenters. The van der Waals surface area contributed by atoms with E-state index in [2.05, 4.69) is 14.9 Å². The van der Waals surface area contributed by atoms with Gasteiger partial charge in [0.05, 0.1) is 19.8 Å². The fourth-order valence-electron chi connectivity index (χ4n) is 2.57. The van der Waals surface area contributed by atoms with Gasteiger partial charge in [-0.3, -0.25) is 0 Å². The maximum Gasteiger partial charge on any atom is 0.217 e. The van der Waals surface area contributed by atoms with E-state index in [1.807, 2.05) is 42.3 Å². The van der Waals surface area contributed by atoms with Crippen LogP contribution in [0, 0.1) is 0 Å². The summed E-state index contributed by atoms with van der Waals surface area (Å²) >= 11 is 0. The standard InChI is InChI=1S/C17H23N5O2/c1-21(16-4-2-3-5-19-16)6-11-24-17-13-14(12-15(18)20-17)22-7-9-23-10-8-22/h2-5,12-13H,6-11H2,1H3,(H2,18,20). The highest BCUT2D eigenvalue weighted by atomic mass is 16.5. The minimum atomic E-state index is 0.465. The van der Waals surface area contributed by atoms with Gasteiger partial charge in [-0.1, -0.05) is 6.07 Å². The number of nitrogen functional groups attached to an aromatic ring is 1. The summed E-state index contributed by atoms with van der Waals surface area (Å²) in [5.74, 6) is 1.92. The summed E-state index contributed by atoms with van der Waals surface area (Å²) in [4.78, 5) is 12.8. The number of likely N-dealkylation sites (N-methyl/N-ethyl adjacent to an activating group) is 1. The van der Waals surface area contributed by atoms with Crippen molar-refractivity contribution in [2.45, 2.75) is 0 Å². The molecule has 7 nitrogen and oxygen atoms in total. The van der Waals surface area contributed by atoms with Crippen molar-refractivity contribution in [2.24, 2.45) is 0 Å². The van der Waals surface area contributed by atoms with Gasteiger partial charge in [-0.25, -0.2) is 4.98 Å². The molecule has 0 bridgehead atoms. The molecular formula is C17H23N5O2. The van der Waals surface area contributed by atoms with Crippen LogP contribution in [-0.4, -0.2) is 56.5 Å². The van der Waals surface area contributed by atoms with E-state index in [0.29, 0.717) is 24.8 Å². The third-order valence-corrected chi connectivity index (χ3v) is 3.90. The molecule has 3 rings (SSSR count). The molecule has 1 aliphatic heterocycles. The van der Waals surface area contributed by atoms with Gasteiger partial charge in [-0.05, 0) is 12.1 Å². The highest BCUT2D eigenvalue weighted by molar-refractivity contribution is 5.55. The second-order valence-corrected chi connectivity index (χ2v) is 5.65. The Labute approximate surface area is 142 Å². The van der Waals surface area contributed by atoms with Gasteiger partial charge < -0.3 is 25.0 Å². The van der Waals surface area contributed by atoms with Crippen LogP contribution in [0.1, 0.15) is 0 Å². The fourth-order valence-corrected chi connectivity index (χ4v) is 2.57. The van der Waals surface area contributed by atoms with Gasteiger partial charge in [-0.15, -0.1) is 0 Å². The number of nitrogens with zero attached hydrogens (tertiary/aromatic N) is 4. The van der Waals surface area contributed by atoms with Crippen molar-refractivity contribution in [1.82, 2.24) is 9.97 Å². The second kappa shape index (κ2) is 7.83. The van der Waals surface area contributed by atoms with Crippen molar-refractivity contribution in [3.05, 3.63) is 36.5 Å². The SMILES string of the molecule is CN(CCOc1cc(N2CCOCC2)cc(N)n1)c1ccccn1. The Kier molecular flexibility index (Phi) is 5.32. The summed E-state index contributed by atoms with van der Waals surface area (Å²) in [6.45, 7) is 4.38. The molecule has 3 heterocycles. The number of hydrogen-bond donors (Lipinski definition) is 1. The maximum atomic E-state index is 5.92. The summed E-state index contributed by atoms with van der Waals surface area (Å²) in [7, 11) is 1.98. The van der Waals surface area contributed by atoms with Crippen molar-refractivity contribution in [3.8, 4) is 5.88 Å². The Hall–Kier alpha value is -2.54. The van der Waals surface area contributed by atoms with E-state index in [1.165, 1.54) is 0 Å². The molecule has 0 spiro atoms. The first-order chi connectivity index (χ1) is 11.7. The third-order valence-electron chi connectivity index (χ3n) is 3.90. The molecule has 1 saturated heterocycles. The van der Waals surface area contributed by atoms with Crippen LogP contribution < -0.4 is 20.3 Å². The van der Waals surface area contributed by atoms with E-state index < -0.39 is 0 Å². The lowest BCUT2D eigenvalue weighted by Gasteiger charge is -2.29. The van der Waals surface area contributed by atoms with Crippen LogP contribution in [0.25, 0.3) is 0 Å². The molecule has 7 heteroatoms. The molecule has 0 atom stereocenters. The van der Waals surface area contributed by atoms with Gasteiger partial charge >= 0.3 is 0 Å². The van der Waals surface area contributed by atoms with E-state index in [1.54, 1.807) is 6.20 Å². The number of ether oxygens (including phenoxy) is 2. The zero-order valence-corrected chi connectivity index (χ0v) is 13.9. The molecule has 0 radical (unpaired) electrons. The van der Waals surface area contributed by atoms with Gasteiger partial charge in [-0.2, -0.15) is 4.98 Å². The number of rotatable bonds is 6. The quantitative estimate of drug-likeness (QED) is 0.858. The molecule has 2 aromatic heterocycles. The number of hydrogen-bond acceptors (Lipinski definition) is 7. The molecule has 1 fully saturated rings. The second-order valence-electron chi connectivity index (χ2n) is 5.65. The zero-order chi connectivity index (χ0) is 16.8. The molecule has 2 aromatic rings. The van der Waals surface area contributed by atoms with Crippen molar-refractivity contribution < 1.29 is 9.47 Å². The summed E-state index contributed by atoms with van der Waals surface area (Å²) in [6, 6.07) is 9.64.